The van der Waals surface area contributed by atoms with Gasteiger partial charge in [-0.3, -0.25) is 9.59 Å². The van der Waals surface area contributed by atoms with E-state index in [4.69, 9.17) is 0 Å². The first-order chi connectivity index (χ1) is 15.8. The molecule has 0 aliphatic carbocycles. The molecule has 0 spiro atoms. The average molecular weight is 447 g/mol. The molecule has 0 saturated heterocycles. The first-order valence-electron chi connectivity index (χ1n) is 11.3. The van der Waals surface area contributed by atoms with Crippen molar-refractivity contribution in [2.45, 2.75) is 52.2 Å². The predicted molar refractivity (Wildman–Crippen MR) is 129 cm³/mol. The Balaban J connectivity index is 1.96. The molecule has 2 amide bonds. The van der Waals surface area contributed by atoms with Gasteiger partial charge in [0.15, 0.2) is 0 Å². The maximum Gasteiger partial charge on any atom is 0.243 e. The summed E-state index contributed by atoms with van der Waals surface area (Å²) in [5.74, 6) is -0.710. The van der Waals surface area contributed by atoms with E-state index in [0.29, 0.717) is 18.5 Å². The summed E-state index contributed by atoms with van der Waals surface area (Å²) in [4.78, 5) is 28.5. The molecule has 0 aliphatic rings. The quantitative estimate of drug-likeness (QED) is 0.511. The van der Waals surface area contributed by atoms with E-state index < -0.39 is 6.04 Å². The summed E-state index contributed by atoms with van der Waals surface area (Å²) in [6.45, 7) is 6.12. The van der Waals surface area contributed by atoms with Crippen molar-refractivity contribution in [3.63, 3.8) is 0 Å². The van der Waals surface area contributed by atoms with Gasteiger partial charge in [-0.1, -0.05) is 72.3 Å². The molecular formula is C28H31FN2O2. The molecule has 1 N–H and O–H groups in total. The molecule has 0 fully saturated rings. The van der Waals surface area contributed by atoms with Gasteiger partial charge in [0.05, 0.1) is 6.42 Å². The number of halogens is 1. The highest BCUT2D eigenvalue weighted by Crippen LogP contribution is 2.17. The molecule has 0 radical (unpaired) electrons. The number of amides is 2. The van der Waals surface area contributed by atoms with Gasteiger partial charge in [-0.05, 0) is 49.6 Å². The van der Waals surface area contributed by atoms with Crippen molar-refractivity contribution in [1.29, 1.82) is 0 Å². The summed E-state index contributed by atoms with van der Waals surface area (Å²) < 4.78 is 13.4. The second kappa shape index (κ2) is 11.4. The van der Waals surface area contributed by atoms with Crippen LogP contribution in [0.3, 0.4) is 0 Å². The van der Waals surface area contributed by atoms with Gasteiger partial charge in [-0.2, -0.15) is 0 Å². The highest BCUT2D eigenvalue weighted by molar-refractivity contribution is 5.89. The van der Waals surface area contributed by atoms with Crippen molar-refractivity contribution in [2.75, 3.05) is 0 Å². The lowest BCUT2D eigenvalue weighted by atomic mass is 10.0. The number of hydrogen-bond donors (Lipinski definition) is 1. The number of nitrogens with zero attached hydrogens (tertiary/aromatic N) is 1. The first kappa shape index (κ1) is 24.2. The van der Waals surface area contributed by atoms with E-state index in [-0.39, 0.29) is 30.1 Å². The molecule has 5 heteroatoms. The third-order valence-corrected chi connectivity index (χ3v) is 5.41. The van der Waals surface area contributed by atoms with E-state index >= 15 is 0 Å². The molecule has 3 aromatic carbocycles. The lowest BCUT2D eigenvalue weighted by Gasteiger charge is -2.32. The topological polar surface area (TPSA) is 49.4 Å². The molecule has 0 unspecified atom stereocenters. The fourth-order valence-electron chi connectivity index (χ4n) is 3.82. The van der Waals surface area contributed by atoms with Crippen molar-refractivity contribution < 1.29 is 14.0 Å². The summed E-state index contributed by atoms with van der Waals surface area (Å²) in [6.07, 6.45) is 0.493. The van der Waals surface area contributed by atoms with Crippen LogP contribution >= 0.6 is 0 Å². The molecule has 0 heterocycles. The molecule has 1 atom stereocenters. The van der Waals surface area contributed by atoms with E-state index in [1.165, 1.54) is 12.1 Å². The van der Waals surface area contributed by atoms with Crippen molar-refractivity contribution in [2.24, 2.45) is 0 Å². The van der Waals surface area contributed by atoms with Crippen LogP contribution in [0.15, 0.2) is 78.9 Å². The Morgan fingerprint density at radius 2 is 1.55 bits per heavy atom. The number of rotatable bonds is 9. The number of carbonyl (C=O) groups excluding carboxylic acids is 2. The summed E-state index contributed by atoms with van der Waals surface area (Å²) in [5, 5.41) is 2.98. The Hall–Kier alpha value is -3.47. The smallest absolute Gasteiger partial charge is 0.243 e. The molecule has 4 nitrogen and oxygen atoms in total. The van der Waals surface area contributed by atoms with E-state index in [1.807, 2.05) is 75.4 Å². The van der Waals surface area contributed by atoms with E-state index in [9.17, 15) is 14.0 Å². The zero-order chi connectivity index (χ0) is 23.8. The Bertz CT molecular complexity index is 1060. The van der Waals surface area contributed by atoms with Crippen molar-refractivity contribution in [3.8, 4) is 0 Å². The number of carbonyl (C=O) groups is 2. The summed E-state index contributed by atoms with van der Waals surface area (Å²) >= 11 is 0. The van der Waals surface area contributed by atoms with E-state index in [2.05, 4.69) is 5.32 Å². The zero-order valence-corrected chi connectivity index (χ0v) is 19.4. The highest BCUT2D eigenvalue weighted by Gasteiger charge is 2.30. The van der Waals surface area contributed by atoms with Crippen LogP contribution in [0.4, 0.5) is 4.39 Å². The average Bonchev–Trinajstić information content (AvgIpc) is 2.78. The van der Waals surface area contributed by atoms with E-state index in [1.54, 1.807) is 17.0 Å². The van der Waals surface area contributed by atoms with Crippen LogP contribution in [0.1, 0.15) is 36.1 Å². The third kappa shape index (κ3) is 7.28. The number of hydrogen-bond acceptors (Lipinski definition) is 2. The normalized spacial score (nSPS) is 11.8. The van der Waals surface area contributed by atoms with E-state index in [0.717, 1.165) is 16.7 Å². The van der Waals surface area contributed by atoms with Gasteiger partial charge in [-0.25, -0.2) is 4.39 Å². The minimum atomic E-state index is -0.678. The second-order valence-corrected chi connectivity index (χ2v) is 8.68. The van der Waals surface area contributed by atoms with Crippen LogP contribution in [0.5, 0.6) is 0 Å². The largest absolute Gasteiger partial charge is 0.352 e. The van der Waals surface area contributed by atoms with Gasteiger partial charge in [0.2, 0.25) is 11.8 Å². The molecular weight excluding hydrogens is 415 g/mol. The van der Waals surface area contributed by atoms with Gasteiger partial charge >= 0.3 is 0 Å². The van der Waals surface area contributed by atoms with Crippen LogP contribution < -0.4 is 5.32 Å². The van der Waals surface area contributed by atoms with Crippen LogP contribution in [-0.4, -0.2) is 28.8 Å². The fourth-order valence-corrected chi connectivity index (χ4v) is 3.82. The molecule has 0 saturated carbocycles. The van der Waals surface area contributed by atoms with Crippen molar-refractivity contribution in [1.82, 2.24) is 10.2 Å². The minimum Gasteiger partial charge on any atom is -0.352 e. The summed E-state index contributed by atoms with van der Waals surface area (Å²) in [6, 6.07) is 22.8. The van der Waals surface area contributed by atoms with Gasteiger partial charge in [-0.15, -0.1) is 0 Å². The minimum absolute atomic E-state index is 0.0520. The van der Waals surface area contributed by atoms with Gasteiger partial charge in [0, 0.05) is 19.0 Å². The zero-order valence-electron chi connectivity index (χ0n) is 19.4. The highest BCUT2D eigenvalue weighted by atomic mass is 19.1. The standard InChI is InChI=1S/C28H31FN2O2/c1-20(2)30-28(33)26(17-22-9-5-4-6-10-22)31(19-24-11-7-8-21(3)16-24)27(32)18-23-12-14-25(29)15-13-23/h4-16,20,26H,17-19H2,1-3H3,(H,30,33)/t26-/m1/s1. The maximum absolute atomic E-state index is 13.6. The van der Waals surface area contributed by atoms with Gasteiger partial charge < -0.3 is 10.2 Å². The summed E-state index contributed by atoms with van der Waals surface area (Å²) in [5.41, 5.74) is 3.73. The lowest BCUT2D eigenvalue weighted by Crippen LogP contribution is -2.52. The molecule has 33 heavy (non-hydrogen) atoms. The summed E-state index contributed by atoms with van der Waals surface area (Å²) in [7, 11) is 0. The SMILES string of the molecule is Cc1cccc(CN(C(=O)Cc2ccc(F)cc2)[C@H](Cc2ccccc2)C(=O)NC(C)C)c1. The van der Waals surface area contributed by atoms with Crippen LogP contribution in [0, 0.1) is 12.7 Å². The number of nitrogens with one attached hydrogen (secondary N) is 1. The van der Waals surface area contributed by atoms with Crippen LogP contribution in [0.2, 0.25) is 0 Å². The molecule has 0 bridgehead atoms. The molecule has 3 aromatic rings. The van der Waals surface area contributed by atoms with Crippen molar-refractivity contribution in [3.05, 3.63) is 107 Å². The molecule has 0 aliphatic heterocycles. The number of benzene rings is 3. The Morgan fingerprint density at radius 1 is 0.879 bits per heavy atom. The van der Waals surface area contributed by atoms with Crippen LogP contribution in [0.25, 0.3) is 0 Å². The number of aryl methyl sites for hydroxylation is 1. The second-order valence-electron chi connectivity index (χ2n) is 8.68. The molecule has 3 rings (SSSR count). The molecule has 0 aromatic heterocycles. The monoisotopic (exact) mass is 446 g/mol. The molecule has 172 valence electrons. The first-order valence-corrected chi connectivity index (χ1v) is 11.3. The maximum atomic E-state index is 13.6. The van der Waals surface area contributed by atoms with Gasteiger partial charge in [0.1, 0.15) is 11.9 Å². The predicted octanol–water partition coefficient (Wildman–Crippen LogP) is 4.84. The Kier molecular flexibility index (Phi) is 8.36. The van der Waals surface area contributed by atoms with Crippen LogP contribution in [-0.2, 0) is 29.0 Å². The fraction of sp³-hybridized carbons (Fsp3) is 0.286. The van der Waals surface area contributed by atoms with Crippen molar-refractivity contribution >= 4 is 11.8 Å². The third-order valence-electron chi connectivity index (χ3n) is 5.41. The Labute approximate surface area is 195 Å². The Morgan fingerprint density at radius 3 is 2.18 bits per heavy atom. The lowest BCUT2D eigenvalue weighted by molar-refractivity contribution is -0.141. The van der Waals surface area contributed by atoms with Gasteiger partial charge in [0.25, 0.3) is 0 Å².